The maximum absolute atomic E-state index is 12.7. The highest BCUT2D eigenvalue weighted by atomic mass is 19.4. The molecule has 0 bridgehead atoms. The third-order valence-electron chi connectivity index (χ3n) is 2.31. The third-order valence-corrected chi connectivity index (χ3v) is 2.31. The first-order chi connectivity index (χ1) is 9.04. The van der Waals surface area contributed by atoms with E-state index in [1.807, 2.05) is 0 Å². The van der Waals surface area contributed by atoms with Crippen molar-refractivity contribution in [1.29, 1.82) is 10.5 Å². The van der Waals surface area contributed by atoms with E-state index >= 15 is 0 Å². The fraction of sp³-hybridized carbons (Fsp3) is 0.778. The van der Waals surface area contributed by atoms with Crippen LogP contribution in [-0.2, 0) is 0 Å². The number of halogens is 10. The molecule has 0 atom stereocenters. The van der Waals surface area contributed by atoms with Gasteiger partial charge in [-0.05, 0) is 0 Å². The summed E-state index contributed by atoms with van der Waals surface area (Å²) in [6.45, 7) is 0. The summed E-state index contributed by atoms with van der Waals surface area (Å²) in [6, 6.07) is 0.801. The first-order valence-electron chi connectivity index (χ1n) is 4.75. The van der Waals surface area contributed by atoms with E-state index < -0.39 is 42.5 Å². The normalized spacial score (nSPS) is 14.5. The van der Waals surface area contributed by atoms with Crippen LogP contribution < -0.4 is 0 Å². The van der Waals surface area contributed by atoms with Crippen LogP contribution in [0.3, 0.4) is 0 Å². The Morgan fingerprint density at radius 1 is 0.571 bits per heavy atom. The molecule has 0 aromatic heterocycles. The van der Waals surface area contributed by atoms with E-state index in [4.69, 9.17) is 10.5 Å². The molecule has 2 nitrogen and oxygen atoms in total. The SMILES string of the molecule is N#CC(C#N)(CC(F)(F)C(F)(F)F)CC(F)(F)C(F)(F)F. The van der Waals surface area contributed by atoms with Gasteiger partial charge in [-0.2, -0.15) is 54.4 Å². The van der Waals surface area contributed by atoms with Gasteiger partial charge in [0.05, 0.1) is 25.0 Å². The van der Waals surface area contributed by atoms with Gasteiger partial charge in [-0.15, -0.1) is 0 Å². The number of hydrogen-bond donors (Lipinski definition) is 0. The van der Waals surface area contributed by atoms with E-state index in [-0.39, 0.29) is 0 Å². The van der Waals surface area contributed by atoms with Crippen molar-refractivity contribution in [3.05, 3.63) is 0 Å². The molecule has 0 fully saturated rings. The molecule has 0 saturated carbocycles. The van der Waals surface area contributed by atoms with Crippen LogP contribution >= 0.6 is 0 Å². The van der Waals surface area contributed by atoms with Crippen molar-refractivity contribution in [2.45, 2.75) is 37.0 Å². The molecular formula is C9H4F10N2. The van der Waals surface area contributed by atoms with Gasteiger partial charge in [0.25, 0.3) is 0 Å². The van der Waals surface area contributed by atoms with Crippen LogP contribution in [-0.4, -0.2) is 24.2 Å². The molecule has 21 heavy (non-hydrogen) atoms. The summed E-state index contributed by atoms with van der Waals surface area (Å²) < 4.78 is 122. The third kappa shape index (κ3) is 4.12. The van der Waals surface area contributed by atoms with Gasteiger partial charge in [0.1, 0.15) is 0 Å². The lowest BCUT2D eigenvalue weighted by Gasteiger charge is -2.29. The lowest BCUT2D eigenvalue weighted by Crippen LogP contribution is -2.46. The molecule has 0 heterocycles. The first kappa shape index (κ1) is 19.3. The fourth-order valence-electron chi connectivity index (χ4n) is 1.20. The van der Waals surface area contributed by atoms with Crippen molar-refractivity contribution < 1.29 is 43.9 Å². The van der Waals surface area contributed by atoms with E-state index in [2.05, 4.69) is 0 Å². The topological polar surface area (TPSA) is 47.6 Å². The lowest BCUT2D eigenvalue weighted by atomic mass is 9.79. The first-order valence-corrected chi connectivity index (χ1v) is 4.75. The Bertz CT molecular complexity index is 417. The van der Waals surface area contributed by atoms with Crippen molar-refractivity contribution in [2.75, 3.05) is 0 Å². The smallest absolute Gasteiger partial charge is 0.197 e. The molecule has 0 aliphatic heterocycles. The highest BCUT2D eigenvalue weighted by molar-refractivity contribution is 5.17. The molecule has 0 aromatic carbocycles. The minimum absolute atomic E-state index is 0.401. The summed E-state index contributed by atoms with van der Waals surface area (Å²) in [5.41, 5.74) is -3.86. The minimum Gasteiger partial charge on any atom is -0.197 e. The van der Waals surface area contributed by atoms with Gasteiger partial charge in [-0.3, -0.25) is 0 Å². The Labute approximate surface area is 110 Å². The van der Waals surface area contributed by atoms with Crippen LogP contribution in [0.2, 0.25) is 0 Å². The molecule has 0 spiro atoms. The zero-order valence-corrected chi connectivity index (χ0v) is 9.59. The van der Waals surface area contributed by atoms with E-state index in [9.17, 15) is 43.9 Å². The molecule has 12 heteroatoms. The summed E-state index contributed by atoms with van der Waals surface area (Å²) in [5.74, 6) is -11.6. The van der Waals surface area contributed by atoms with Gasteiger partial charge in [0.15, 0.2) is 5.41 Å². The Kier molecular flexibility index (Phi) is 4.81. The number of nitrogens with zero attached hydrogens (tertiary/aromatic N) is 2. The highest BCUT2D eigenvalue weighted by Crippen LogP contribution is 2.49. The predicted molar refractivity (Wildman–Crippen MR) is 44.9 cm³/mol. The molecule has 0 saturated heterocycles. The number of hydrogen-bond acceptors (Lipinski definition) is 2. The molecular weight excluding hydrogens is 326 g/mol. The minimum atomic E-state index is -6.31. The largest absolute Gasteiger partial charge is 0.453 e. The summed E-state index contributed by atoms with van der Waals surface area (Å²) >= 11 is 0. The van der Waals surface area contributed by atoms with Crippen molar-refractivity contribution in [3.8, 4) is 12.1 Å². The molecule has 0 unspecified atom stereocenters. The highest BCUT2D eigenvalue weighted by Gasteiger charge is 2.66. The Morgan fingerprint density at radius 2 is 0.810 bits per heavy atom. The van der Waals surface area contributed by atoms with Crippen LogP contribution in [0.25, 0.3) is 0 Å². The molecule has 0 rings (SSSR count). The molecule has 0 aliphatic rings. The zero-order valence-electron chi connectivity index (χ0n) is 9.59. The monoisotopic (exact) mass is 330 g/mol. The molecule has 0 aliphatic carbocycles. The maximum atomic E-state index is 12.7. The second kappa shape index (κ2) is 5.24. The van der Waals surface area contributed by atoms with Crippen LogP contribution in [0.15, 0.2) is 0 Å². The number of rotatable bonds is 4. The second-order valence-corrected chi connectivity index (χ2v) is 4.06. The summed E-state index contributed by atoms with van der Waals surface area (Å²) in [6.07, 6.45) is -18.3. The van der Waals surface area contributed by atoms with Gasteiger partial charge < -0.3 is 0 Å². The Morgan fingerprint density at radius 3 is 0.952 bits per heavy atom. The van der Waals surface area contributed by atoms with Gasteiger partial charge in [0, 0.05) is 0 Å². The van der Waals surface area contributed by atoms with E-state index in [0.717, 1.165) is 0 Å². The number of nitriles is 2. The van der Waals surface area contributed by atoms with Crippen LogP contribution in [0.5, 0.6) is 0 Å². The molecule has 0 aromatic rings. The lowest BCUT2D eigenvalue weighted by molar-refractivity contribution is -0.303. The molecule has 120 valence electrons. The molecule has 0 amide bonds. The zero-order chi connectivity index (χ0) is 17.3. The fourth-order valence-corrected chi connectivity index (χ4v) is 1.20. The van der Waals surface area contributed by atoms with Crippen LogP contribution in [0.4, 0.5) is 43.9 Å². The van der Waals surface area contributed by atoms with Gasteiger partial charge in [-0.25, -0.2) is 0 Å². The van der Waals surface area contributed by atoms with Gasteiger partial charge >= 0.3 is 24.2 Å². The van der Waals surface area contributed by atoms with Crippen LogP contribution in [0.1, 0.15) is 12.8 Å². The standard InChI is InChI=1S/C9H4F10N2/c10-6(11,8(14,15)16)1-5(3-20,4-21)2-7(12,13)9(17,18)19/h1-2H2. The Hall–Kier alpha value is -1.72. The summed E-state index contributed by atoms with van der Waals surface area (Å²) in [5, 5.41) is 16.7. The van der Waals surface area contributed by atoms with Gasteiger partial charge in [0.2, 0.25) is 0 Å². The van der Waals surface area contributed by atoms with E-state index in [1.165, 1.54) is 0 Å². The van der Waals surface area contributed by atoms with Gasteiger partial charge in [-0.1, -0.05) is 0 Å². The number of alkyl halides is 10. The average Bonchev–Trinajstić information content (AvgIpc) is 2.24. The Balaban J connectivity index is 5.63. The molecule has 0 radical (unpaired) electrons. The maximum Gasteiger partial charge on any atom is 0.453 e. The molecule has 0 N–H and O–H groups in total. The summed E-state index contributed by atoms with van der Waals surface area (Å²) in [7, 11) is 0. The predicted octanol–water partition coefficient (Wildman–Crippen LogP) is 4.20. The quantitative estimate of drug-likeness (QED) is 0.726. The van der Waals surface area contributed by atoms with E-state index in [0.29, 0.717) is 12.1 Å². The van der Waals surface area contributed by atoms with Crippen LogP contribution in [0, 0.1) is 28.1 Å². The average molecular weight is 330 g/mol. The van der Waals surface area contributed by atoms with E-state index in [1.54, 1.807) is 0 Å². The van der Waals surface area contributed by atoms with Crippen molar-refractivity contribution in [1.82, 2.24) is 0 Å². The van der Waals surface area contributed by atoms with Crippen molar-refractivity contribution in [3.63, 3.8) is 0 Å². The second-order valence-electron chi connectivity index (χ2n) is 4.06. The van der Waals surface area contributed by atoms with Crippen molar-refractivity contribution >= 4 is 0 Å². The van der Waals surface area contributed by atoms with Crippen molar-refractivity contribution in [2.24, 2.45) is 5.41 Å². The summed E-state index contributed by atoms with van der Waals surface area (Å²) in [4.78, 5) is 0.